The molecule has 1 aromatic heterocycles. The fourth-order valence-electron chi connectivity index (χ4n) is 2.27. The molecule has 0 bridgehead atoms. The van der Waals surface area contributed by atoms with E-state index in [-0.39, 0.29) is 5.41 Å². The number of benzene rings is 1. The Bertz CT molecular complexity index is 586. The smallest absolute Gasteiger partial charge is 0.313 e. The SMILES string of the molecule is Cn1cc(C(C)(C)CNC(=O)Cl)c2ccccc21. The molecule has 0 radical (unpaired) electrons. The quantitative estimate of drug-likeness (QED) is 0.669. The number of carbonyl (C=O) groups excluding carboxylic acids is 1. The maximum absolute atomic E-state index is 10.8. The van der Waals surface area contributed by atoms with E-state index in [9.17, 15) is 4.79 Å². The van der Waals surface area contributed by atoms with Crippen molar-refractivity contribution in [3.8, 4) is 0 Å². The van der Waals surface area contributed by atoms with E-state index in [0.29, 0.717) is 6.54 Å². The van der Waals surface area contributed by atoms with Gasteiger partial charge in [0.05, 0.1) is 0 Å². The second kappa shape index (κ2) is 4.65. The van der Waals surface area contributed by atoms with Crippen molar-refractivity contribution in [1.29, 1.82) is 0 Å². The molecule has 0 atom stereocenters. The molecule has 96 valence electrons. The third-order valence-corrected chi connectivity index (χ3v) is 3.43. The van der Waals surface area contributed by atoms with Gasteiger partial charge < -0.3 is 9.88 Å². The summed E-state index contributed by atoms with van der Waals surface area (Å²) in [5, 5.41) is 3.38. The Hall–Kier alpha value is -1.48. The van der Waals surface area contributed by atoms with Crippen molar-refractivity contribution >= 4 is 27.9 Å². The lowest BCUT2D eigenvalue weighted by Crippen LogP contribution is -2.34. The van der Waals surface area contributed by atoms with Gasteiger partial charge >= 0.3 is 5.37 Å². The molecule has 0 spiro atoms. The largest absolute Gasteiger partial charge is 0.350 e. The molecule has 0 fully saturated rings. The predicted octanol–water partition coefficient (Wildman–Crippen LogP) is 3.40. The number of carbonyl (C=O) groups is 1. The zero-order chi connectivity index (χ0) is 13.3. The second-order valence-corrected chi connectivity index (χ2v) is 5.53. The number of fused-ring (bicyclic) bond motifs is 1. The van der Waals surface area contributed by atoms with E-state index >= 15 is 0 Å². The fourth-order valence-corrected chi connectivity index (χ4v) is 2.33. The van der Waals surface area contributed by atoms with Crippen LogP contribution < -0.4 is 5.32 Å². The Kier molecular flexibility index (Phi) is 3.35. The highest BCUT2D eigenvalue weighted by Crippen LogP contribution is 2.31. The van der Waals surface area contributed by atoms with E-state index in [0.717, 1.165) is 0 Å². The number of hydrogen-bond donors (Lipinski definition) is 1. The van der Waals surface area contributed by atoms with Gasteiger partial charge in [-0.05, 0) is 23.2 Å². The van der Waals surface area contributed by atoms with Crippen molar-refractivity contribution in [3.63, 3.8) is 0 Å². The summed E-state index contributed by atoms with van der Waals surface area (Å²) in [6.07, 6.45) is 2.12. The first kappa shape index (κ1) is 13.0. The summed E-state index contributed by atoms with van der Waals surface area (Å²) in [4.78, 5) is 10.8. The van der Waals surface area contributed by atoms with Crippen molar-refractivity contribution in [3.05, 3.63) is 36.0 Å². The molecule has 0 unspecified atom stereocenters. The molecule has 1 heterocycles. The number of hydrogen-bond acceptors (Lipinski definition) is 1. The van der Waals surface area contributed by atoms with Gasteiger partial charge in [0, 0.05) is 36.1 Å². The zero-order valence-electron chi connectivity index (χ0n) is 10.8. The van der Waals surface area contributed by atoms with Crippen molar-refractivity contribution in [2.75, 3.05) is 6.54 Å². The van der Waals surface area contributed by atoms with Crippen LogP contribution in [-0.4, -0.2) is 16.5 Å². The van der Waals surface area contributed by atoms with E-state index < -0.39 is 5.37 Å². The summed E-state index contributed by atoms with van der Waals surface area (Å²) >= 11 is 5.34. The van der Waals surface area contributed by atoms with Crippen LogP contribution in [0.25, 0.3) is 10.9 Å². The van der Waals surface area contributed by atoms with Gasteiger partial charge in [-0.3, -0.25) is 4.79 Å². The Balaban J connectivity index is 2.43. The van der Waals surface area contributed by atoms with Crippen LogP contribution in [0.1, 0.15) is 19.4 Å². The van der Waals surface area contributed by atoms with Crippen LogP contribution in [0.5, 0.6) is 0 Å². The highest BCUT2D eigenvalue weighted by molar-refractivity contribution is 6.62. The monoisotopic (exact) mass is 264 g/mol. The van der Waals surface area contributed by atoms with Gasteiger partial charge in [-0.15, -0.1) is 0 Å². The Morgan fingerprint density at radius 2 is 2.06 bits per heavy atom. The summed E-state index contributed by atoms with van der Waals surface area (Å²) in [6, 6.07) is 8.26. The molecule has 1 aromatic carbocycles. The molecule has 2 aromatic rings. The van der Waals surface area contributed by atoms with Crippen molar-refractivity contribution < 1.29 is 4.79 Å². The zero-order valence-corrected chi connectivity index (χ0v) is 11.6. The number of aryl methyl sites for hydroxylation is 1. The number of nitrogens with one attached hydrogen (secondary N) is 1. The van der Waals surface area contributed by atoms with Crippen molar-refractivity contribution in [2.45, 2.75) is 19.3 Å². The van der Waals surface area contributed by atoms with Crippen LogP contribution in [0.3, 0.4) is 0 Å². The summed E-state index contributed by atoms with van der Waals surface area (Å²) < 4.78 is 2.11. The third kappa shape index (κ3) is 2.36. The molecule has 4 heteroatoms. The molecular formula is C14H17ClN2O. The Labute approximate surface area is 112 Å². The summed E-state index contributed by atoms with van der Waals surface area (Å²) in [7, 11) is 2.03. The average Bonchev–Trinajstić information content (AvgIpc) is 2.66. The second-order valence-electron chi connectivity index (χ2n) is 5.18. The molecule has 1 amide bonds. The number of para-hydroxylation sites is 1. The van der Waals surface area contributed by atoms with Crippen LogP contribution >= 0.6 is 11.6 Å². The first-order valence-electron chi connectivity index (χ1n) is 5.90. The van der Waals surface area contributed by atoms with Crippen LogP contribution in [0.15, 0.2) is 30.5 Å². The maximum atomic E-state index is 10.8. The summed E-state index contributed by atoms with van der Waals surface area (Å²) in [5.41, 5.74) is 2.24. The number of nitrogens with zero attached hydrogens (tertiary/aromatic N) is 1. The number of rotatable bonds is 3. The average molecular weight is 265 g/mol. The van der Waals surface area contributed by atoms with Crippen molar-refractivity contribution in [1.82, 2.24) is 9.88 Å². The standard InChI is InChI=1S/C14H17ClN2O/c1-14(2,9-16-13(15)18)11-8-17(3)12-7-5-4-6-10(11)12/h4-8H,9H2,1-3H3,(H,16,18). The molecule has 0 saturated heterocycles. The first-order chi connectivity index (χ1) is 8.42. The van der Waals surface area contributed by atoms with Gasteiger partial charge in [-0.25, -0.2) is 0 Å². The molecule has 3 nitrogen and oxygen atoms in total. The fraction of sp³-hybridized carbons (Fsp3) is 0.357. The Morgan fingerprint density at radius 3 is 2.72 bits per heavy atom. The minimum atomic E-state index is -0.511. The third-order valence-electron chi connectivity index (χ3n) is 3.30. The van der Waals surface area contributed by atoms with E-state index in [1.807, 2.05) is 19.2 Å². The topological polar surface area (TPSA) is 34.0 Å². The molecule has 0 saturated carbocycles. The highest BCUT2D eigenvalue weighted by Gasteiger charge is 2.25. The normalized spacial score (nSPS) is 11.8. The molecule has 0 aliphatic carbocycles. The number of halogens is 1. The van der Waals surface area contributed by atoms with E-state index in [1.54, 1.807) is 0 Å². The van der Waals surface area contributed by atoms with Gasteiger partial charge in [0.25, 0.3) is 0 Å². The first-order valence-corrected chi connectivity index (χ1v) is 6.27. The summed E-state index contributed by atoms with van der Waals surface area (Å²) in [6.45, 7) is 4.71. The number of aromatic nitrogens is 1. The molecule has 18 heavy (non-hydrogen) atoms. The highest BCUT2D eigenvalue weighted by atomic mass is 35.5. The van der Waals surface area contributed by atoms with Gasteiger partial charge in [0.2, 0.25) is 0 Å². The molecule has 1 N–H and O–H groups in total. The van der Waals surface area contributed by atoms with Gasteiger partial charge in [-0.2, -0.15) is 0 Å². The lowest BCUT2D eigenvalue weighted by atomic mass is 9.84. The minimum absolute atomic E-state index is 0.161. The predicted molar refractivity (Wildman–Crippen MR) is 75.2 cm³/mol. The summed E-state index contributed by atoms with van der Waals surface area (Å²) in [5.74, 6) is 0. The lowest BCUT2D eigenvalue weighted by Gasteiger charge is -2.24. The van der Waals surface area contributed by atoms with Gasteiger partial charge in [-0.1, -0.05) is 32.0 Å². The molecule has 2 rings (SSSR count). The number of amides is 1. The van der Waals surface area contributed by atoms with Crippen molar-refractivity contribution in [2.24, 2.45) is 7.05 Å². The Morgan fingerprint density at radius 1 is 1.39 bits per heavy atom. The minimum Gasteiger partial charge on any atom is -0.350 e. The van der Waals surface area contributed by atoms with Crippen LogP contribution in [0, 0.1) is 0 Å². The van der Waals surface area contributed by atoms with Crippen LogP contribution in [0.4, 0.5) is 4.79 Å². The molecule has 0 aliphatic rings. The van der Waals surface area contributed by atoms with Gasteiger partial charge in [0.1, 0.15) is 0 Å². The van der Waals surface area contributed by atoms with Crippen LogP contribution in [-0.2, 0) is 12.5 Å². The van der Waals surface area contributed by atoms with Gasteiger partial charge in [0.15, 0.2) is 0 Å². The maximum Gasteiger partial charge on any atom is 0.313 e. The van der Waals surface area contributed by atoms with Crippen LogP contribution in [0.2, 0.25) is 0 Å². The molecular weight excluding hydrogens is 248 g/mol. The molecule has 0 aliphatic heterocycles. The lowest BCUT2D eigenvalue weighted by molar-refractivity contribution is 0.257. The van der Waals surface area contributed by atoms with E-state index in [2.05, 4.69) is 42.1 Å². The van der Waals surface area contributed by atoms with E-state index in [1.165, 1.54) is 16.5 Å². The van der Waals surface area contributed by atoms with E-state index in [4.69, 9.17) is 11.6 Å².